The predicted octanol–water partition coefficient (Wildman–Crippen LogP) is 9.13. The largest absolute Gasteiger partial charge is 0.493 e. The van der Waals surface area contributed by atoms with E-state index in [1.54, 1.807) is 18.4 Å². The van der Waals surface area contributed by atoms with Crippen LogP contribution in [0.1, 0.15) is 108 Å². The number of anilines is 1. The Balaban J connectivity index is 1.29. The molecule has 2 aromatic carbocycles. The maximum Gasteiger partial charge on any atom is 0.228 e. The fraction of sp³-hybridized carbons (Fsp3) is 0.543. The molecule has 3 aromatic rings. The van der Waals surface area contributed by atoms with E-state index in [1.165, 1.54) is 89.0 Å². The summed E-state index contributed by atoms with van der Waals surface area (Å²) in [6.07, 6.45) is 21.1. The minimum absolute atomic E-state index is 0.0481. The second-order valence-electron chi connectivity index (χ2n) is 11.1. The van der Waals surface area contributed by atoms with Crippen LogP contribution >= 0.6 is 11.3 Å². The number of nitrogens with zero attached hydrogens (tertiary/aromatic N) is 1. The lowest BCUT2D eigenvalue weighted by atomic mass is 10.0. The number of carbonyl (C=O) groups is 1. The molecule has 0 saturated carbocycles. The molecule has 1 aromatic heterocycles. The highest BCUT2D eigenvalue weighted by Gasteiger charge is 2.10. The van der Waals surface area contributed by atoms with Crippen molar-refractivity contribution in [2.24, 2.45) is 0 Å². The first-order valence-electron chi connectivity index (χ1n) is 15.8. The average Bonchev–Trinajstić information content (AvgIpc) is 3.49. The molecule has 0 bridgehead atoms. The number of benzene rings is 2. The minimum atomic E-state index is -0.0481. The predicted molar refractivity (Wildman–Crippen MR) is 171 cm³/mol. The zero-order chi connectivity index (χ0) is 29.0. The maximum absolute atomic E-state index is 12.7. The lowest BCUT2D eigenvalue weighted by Gasteiger charge is -2.13. The Hall–Kier alpha value is -2.86. The van der Waals surface area contributed by atoms with Gasteiger partial charge in [0.05, 0.1) is 25.5 Å². The minimum Gasteiger partial charge on any atom is -0.493 e. The van der Waals surface area contributed by atoms with E-state index in [9.17, 15) is 4.79 Å². The molecule has 1 heterocycles. The van der Waals surface area contributed by atoms with Gasteiger partial charge < -0.3 is 14.8 Å². The van der Waals surface area contributed by atoms with Crippen LogP contribution in [-0.4, -0.2) is 19.6 Å². The first-order valence-corrected chi connectivity index (χ1v) is 16.7. The number of hydrogen-bond acceptors (Lipinski definition) is 4. The average molecular weight is 580 g/mol. The summed E-state index contributed by atoms with van der Waals surface area (Å²) in [5.74, 6) is 1.37. The highest BCUT2D eigenvalue weighted by Crippen LogP contribution is 2.29. The smallest absolute Gasteiger partial charge is 0.228 e. The summed E-state index contributed by atoms with van der Waals surface area (Å²) in [6.45, 7) is 3.77. The summed E-state index contributed by atoms with van der Waals surface area (Å²) in [6, 6.07) is 13.8. The second kappa shape index (κ2) is 20.1. The van der Waals surface area contributed by atoms with Crippen LogP contribution in [0.4, 0.5) is 5.69 Å². The first kappa shape index (κ1) is 32.7. The Labute approximate surface area is 252 Å². The van der Waals surface area contributed by atoms with Crippen molar-refractivity contribution in [3.05, 3.63) is 70.7 Å². The standard InChI is InChI=1S/C35H50N2O3S/c1-3-4-5-6-7-8-9-10-11-12-13-14-15-16-24-40-34-26-31(19-22-33(34)39-2)27-35(38)36-32-20-17-30(18-21-32)28-37-23-25-41-29-37/h17-23,25-26,29H,3-16,24,27-28H2,1-2H3/p+1. The highest BCUT2D eigenvalue weighted by atomic mass is 32.1. The molecule has 6 heteroatoms. The van der Waals surface area contributed by atoms with Gasteiger partial charge in [0, 0.05) is 11.3 Å². The maximum atomic E-state index is 12.7. The van der Waals surface area contributed by atoms with Gasteiger partial charge in [0.15, 0.2) is 24.2 Å². The van der Waals surface area contributed by atoms with Crippen molar-refractivity contribution in [3.63, 3.8) is 0 Å². The van der Waals surface area contributed by atoms with Crippen LogP contribution in [0.3, 0.4) is 0 Å². The van der Waals surface area contributed by atoms with Gasteiger partial charge in [0.1, 0.15) is 0 Å². The fourth-order valence-corrected chi connectivity index (χ4v) is 5.67. The molecule has 0 aliphatic rings. The van der Waals surface area contributed by atoms with Gasteiger partial charge in [0.25, 0.3) is 0 Å². The summed E-state index contributed by atoms with van der Waals surface area (Å²) in [5, 5.41) is 5.07. The molecule has 0 unspecified atom stereocenters. The molecule has 0 radical (unpaired) electrons. The second-order valence-corrected chi connectivity index (χ2v) is 11.8. The molecule has 0 aliphatic carbocycles. The lowest BCUT2D eigenvalue weighted by molar-refractivity contribution is -0.683. The van der Waals surface area contributed by atoms with E-state index in [1.807, 2.05) is 30.3 Å². The van der Waals surface area contributed by atoms with Gasteiger partial charge in [-0.25, -0.2) is 0 Å². The van der Waals surface area contributed by atoms with Gasteiger partial charge in [-0.15, -0.1) is 0 Å². The van der Waals surface area contributed by atoms with Gasteiger partial charge in [-0.1, -0.05) is 120 Å². The van der Waals surface area contributed by atoms with Crippen molar-refractivity contribution in [1.29, 1.82) is 0 Å². The highest BCUT2D eigenvalue weighted by molar-refractivity contribution is 7.07. The Kier molecular flexibility index (Phi) is 16.0. The van der Waals surface area contributed by atoms with E-state index in [2.05, 4.69) is 46.0 Å². The van der Waals surface area contributed by atoms with Gasteiger partial charge in [-0.3, -0.25) is 4.79 Å². The van der Waals surface area contributed by atoms with Gasteiger partial charge in [-0.05, 0) is 36.2 Å². The van der Waals surface area contributed by atoms with Crippen LogP contribution in [0.2, 0.25) is 0 Å². The monoisotopic (exact) mass is 579 g/mol. The zero-order valence-electron chi connectivity index (χ0n) is 25.4. The van der Waals surface area contributed by atoms with E-state index in [4.69, 9.17) is 9.47 Å². The van der Waals surface area contributed by atoms with Gasteiger partial charge in [0.2, 0.25) is 11.4 Å². The molecule has 0 fully saturated rings. The van der Waals surface area contributed by atoms with E-state index in [-0.39, 0.29) is 12.3 Å². The van der Waals surface area contributed by atoms with Crippen molar-refractivity contribution in [2.75, 3.05) is 19.0 Å². The molecule has 0 saturated heterocycles. The third-order valence-electron chi connectivity index (χ3n) is 7.48. The summed E-state index contributed by atoms with van der Waals surface area (Å²) in [4.78, 5) is 12.7. The number of thiazole rings is 1. The van der Waals surface area contributed by atoms with Crippen LogP contribution < -0.4 is 19.4 Å². The molecule has 41 heavy (non-hydrogen) atoms. The lowest BCUT2D eigenvalue weighted by Crippen LogP contribution is -2.30. The molecule has 1 amide bonds. The number of methoxy groups -OCH3 is 1. The molecule has 5 nitrogen and oxygen atoms in total. The number of hydrogen-bond donors (Lipinski definition) is 1. The van der Waals surface area contributed by atoms with Crippen molar-refractivity contribution in [3.8, 4) is 11.5 Å². The molecule has 0 spiro atoms. The van der Waals surface area contributed by atoms with E-state index < -0.39 is 0 Å². The number of nitrogens with one attached hydrogen (secondary N) is 1. The van der Waals surface area contributed by atoms with E-state index >= 15 is 0 Å². The van der Waals surface area contributed by atoms with Crippen molar-refractivity contribution < 1.29 is 18.8 Å². The Morgan fingerprint density at radius 2 is 1.39 bits per heavy atom. The third kappa shape index (κ3) is 13.6. The summed E-state index contributed by atoms with van der Waals surface area (Å²) in [7, 11) is 1.65. The molecular formula is C35H51N2O3S+. The topological polar surface area (TPSA) is 51.4 Å². The molecule has 1 N–H and O–H groups in total. The van der Waals surface area contributed by atoms with Crippen LogP contribution in [0.5, 0.6) is 11.5 Å². The van der Waals surface area contributed by atoms with Gasteiger partial charge >= 0.3 is 0 Å². The molecule has 3 rings (SSSR count). The van der Waals surface area contributed by atoms with Crippen LogP contribution in [0.15, 0.2) is 59.6 Å². The van der Waals surface area contributed by atoms with E-state index in [0.29, 0.717) is 18.1 Å². The molecule has 0 atom stereocenters. The summed E-state index contributed by atoms with van der Waals surface area (Å²) >= 11 is 1.68. The Morgan fingerprint density at radius 1 is 0.780 bits per heavy atom. The third-order valence-corrected chi connectivity index (χ3v) is 8.15. The molecular weight excluding hydrogens is 528 g/mol. The number of rotatable bonds is 22. The SMILES string of the molecule is CCCCCCCCCCCCCCCCOc1cc(CC(=O)Nc2ccc(C[n+]3ccsc3)cc2)ccc1OC. The van der Waals surface area contributed by atoms with Crippen LogP contribution in [0, 0.1) is 0 Å². The molecule has 0 aliphatic heterocycles. The number of carbonyl (C=O) groups excluding carboxylic acids is 1. The summed E-state index contributed by atoms with van der Waals surface area (Å²) in [5.41, 5.74) is 4.99. The first-order chi connectivity index (χ1) is 20.2. The van der Waals surface area contributed by atoms with Crippen LogP contribution in [-0.2, 0) is 17.8 Å². The summed E-state index contributed by atoms with van der Waals surface area (Å²) < 4.78 is 13.7. The number of amides is 1. The Bertz CT molecular complexity index is 1100. The van der Waals surface area contributed by atoms with Gasteiger partial charge in [-0.2, -0.15) is 4.57 Å². The molecule has 224 valence electrons. The van der Waals surface area contributed by atoms with Crippen LogP contribution in [0.25, 0.3) is 0 Å². The normalized spacial score (nSPS) is 11.0. The zero-order valence-corrected chi connectivity index (χ0v) is 26.2. The fourth-order valence-electron chi connectivity index (χ4n) is 5.07. The quantitative estimate of drug-likeness (QED) is 0.0954. The number of ether oxygens (including phenoxy) is 2. The number of unbranched alkanes of at least 4 members (excludes halogenated alkanes) is 13. The van der Waals surface area contributed by atoms with Crippen molar-refractivity contribution >= 4 is 22.9 Å². The van der Waals surface area contributed by atoms with E-state index in [0.717, 1.165) is 24.2 Å². The Morgan fingerprint density at radius 3 is 1.98 bits per heavy atom. The van der Waals surface area contributed by atoms with Crippen molar-refractivity contribution in [2.45, 2.75) is 110 Å². The number of aromatic nitrogens is 1. The van der Waals surface area contributed by atoms with Crippen molar-refractivity contribution in [1.82, 2.24) is 0 Å².